The molecule has 6 nitrogen and oxygen atoms in total. The molecule has 1 fully saturated rings. The normalized spacial score (nSPS) is 26.6. The van der Waals surface area contributed by atoms with Crippen LogP contribution in [0, 0.1) is 11.3 Å². The summed E-state index contributed by atoms with van der Waals surface area (Å²) >= 11 is 0. The quantitative estimate of drug-likeness (QED) is 0.509. The van der Waals surface area contributed by atoms with Crippen LogP contribution in [0.1, 0.15) is 63.3 Å². The van der Waals surface area contributed by atoms with Crippen molar-refractivity contribution < 1.29 is 32.5 Å². The van der Waals surface area contributed by atoms with Gasteiger partial charge in [0, 0.05) is 6.42 Å². The Morgan fingerprint density at radius 2 is 1.74 bits per heavy atom. The minimum absolute atomic E-state index is 0.0679. The van der Waals surface area contributed by atoms with E-state index in [1.54, 1.807) is 13.8 Å². The average molecular weight is 495 g/mol. The highest BCUT2D eigenvalue weighted by molar-refractivity contribution is 6.74. The van der Waals surface area contributed by atoms with Crippen LogP contribution in [-0.4, -0.2) is 29.2 Å². The summed E-state index contributed by atoms with van der Waals surface area (Å²) in [5.74, 6) is -0.789. The Labute approximate surface area is 197 Å². The van der Waals surface area contributed by atoms with E-state index in [0.29, 0.717) is 17.5 Å². The Hall–Kier alpha value is -2.48. The second-order valence-electron chi connectivity index (χ2n) is 11.1. The SMILES string of the molecule is CC12C[C@H](O[Si](C)(C)C(C)(C)C)C(C)(O1)c1c2c(O)n(-c2ccc(C#N)c(C(F)(F)F)c2)c1O. The van der Waals surface area contributed by atoms with Gasteiger partial charge in [0.15, 0.2) is 8.32 Å². The van der Waals surface area contributed by atoms with Crippen LogP contribution < -0.4 is 0 Å². The Morgan fingerprint density at radius 1 is 1.15 bits per heavy atom. The Kier molecular flexibility index (Phi) is 5.09. The van der Waals surface area contributed by atoms with Crippen molar-refractivity contribution in [2.75, 3.05) is 0 Å². The predicted molar refractivity (Wildman–Crippen MR) is 121 cm³/mol. The highest BCUT2D eigenvalue weighted by Crippen LogP contribution is 2.65. The number of ether oxygens (including phenoxy) is 1. The lowest BCUT2D eigenvalue weighted by Gasteiger charge is -2.42. The molecule has 0 radical (unpaired) electrons. The first-order valence-electron chi connectivity index (χ1n) is 11.0. The molecule has 2 bridgehead atoms. The van der Waals surface area contributed by atoms with Crippen LogP contribution in [-0.2, 0) is 26.5 Å². The number of nitriles is 1. The summed E-state index contributed by atoms with van der Waals surface area (Å²) in [6.45, 7) is 14.1. The number of hydrogen-bond acceptors (Lipinski definition) is 5. The molecular weight excluding hydrogens is 465 g/mol. The highest BCUT2D eigenvalue weighted by atomic mass is 28.4. The number of alkyl halides is 3. The maximum atomic E-state index is 13.5. The minimum Gasteiger partial charge on any atom is -0.494 e. The maximum Gasteiger partial charge on any atom is 0.417 e. The van der Waals surface area contributed by atoms with E-state index < -0.39 is 48.8 Å². The molecule has 0 amide bonds. The largest absolute Gasteiger partial charge is 0.494 e. The molecule has 0 spiro atoms. The van der Waals surface area contributed by atoms with Gasteiger partial charge in [0.05, 0.1) is 45.7 Å². The lowest BCUT2D eigenvalue weighted by Crippen LogP contribution is -2.48. The molecule has 34 heavy (non-hydrogen) atoms. The van der Waals surface area contributed by atoms with Gasteiger partial charge in [-0.25, -0.2) is 0 Å². The van der Waals surface area contributed by atoms with Crippen LogP contribution in [0.3, 0.4) is 0 Å². The van der Waals surface area contributed by atoms with Gasteiger partial charge in [0.25, 0.3) is 0 Å². The number of hydrogen-bond donors (Lipinski definition) is 2. The van der Waals surface area contributed by atoms with Crippen LogP contribution in [0.4, 0.5) is 13.2 Å². The van der Waals surface area contributed by atoms with Crippen molar-refractivity contribution in [3.63, 3.8) is 0 Å². The molecule has 0 saturated carbocycles. The van der Waals surface area contributed by atoms with Crippen molar-refractivity contribution in [3.8, 4) is 23.5 Å². The van der Waals surface area contributed by atoms with E-state index in [2.05, 4.69) is 33.9 Å². The Balaban J connectivity index is 1.86. The molecule has 2 aliphatic heterocycles. The molecule has 1 aromatic heterocycles. The van der Waals surface area contributed by atoms with Crippen LogP contribution >= 0.6 is 0 Å². The monoisotopic (exact) mass is 494 g/mol. The van der Waals surface area contributed by atoms with Gasteiger partial charge in [-0.1, -0.05) is 20.8 Å². The average Bonchev–Trinajstić information content (AvgIpc) is 3.20. The fourth-order valence-corrected chi connectivity index (χ4v) is 6.32. The van der Waals surface area contributed by atoms with Gasteiger partial charge in [0.1, 0.15) is 5.60 Å². The first kappa shape index (κ1) is 24.6. The van der Waals surface area contributed by atoms with Gasteiger partial charge in [-0.2, -0.15) is 18.4 Å². The van der Waals surface area contributed by atoms with E-state index in [0.717, 1.165) is 16.7 Å². The van der Waals surface area contributed by atoms with Gasteiger partial charge in [-0.05, 0) is 50.2 Å². The van der Waals surface area contributed by atoms with E-state index in [-0.39, 0.29) is 16.6 Å². The van der Waals surface area contributed by atoms with Crippen molar-refractivity contribution in [1.82, 2.24) is 4.57 Å². The predicted octanol–water partition coefficient (Wildman–Crippen LogP) is 6.03. The second kappa shape index (κ2) is 7.03. The second-order valence-corrected chi connectivity index (χ2v) is 15.8. The molecule has 184 valence electrons. The lowest BCUT2D eigenvalue weighted by atomic mass is 9.78. The van der Waals surface area contributed by atoms with E-state index in [1.807, 2.05) is 0 Å². The molecule has 1 aromatic carbocycles. The highest BCUT2D eigenvalue weighted by Gasteiger charge is 2.66. The third-order valence-electron chi connectivity index (χ3n) is 7.70. The molecule has 10 heteroatoms. The molecule has 2 aliphatic rings. The molecule has 3 atom stereocenters. The summed E-state index contributed by atoms with van der Waals surface area (Å²) in [6, 6.07) is 4.58. The molecule has 2 N–H and O–H groups in total. The number of aromatic hydroxyl groups is 2. The maximum absolute atomic E-state index is 13.5. The molecule has 2 unspecified atom stereocenters. The molecular formula is C24H29F3N2O4Si. The topological polar surface area (TPSA) is 87.6 Å². The third kappa shape index (κ3) is 3.28. The molecule has 1 saturated heterocycles. The lowest BCUT2D eigenvalue weighted by molar-refractivity contribution is -0.137. The third-order valence-corrected chi connectivity index (χ3v) is 12.2. The summed E-state index contributed by atoms with van der Waals surface area (Å²) in [7, 11) is -2.22. The molecule has 3 heterocycles. The Bertz CT molecular complexity index is 1220. The van der Waals surface area contributed by atoms with E-state index in [1.165, 1.54) is 12.1 Å². The zero-order valence-corrected chi connectivity index (χ0v) is 21.3. The number of benzene rings is 1. The number of fused-ring (bicyclic) bond motifs is 5. The van der Waals surface area contributed by atoms with Crippen molar-refractivity contribution in [2.24, 2.45) is 0 Å². The van der Waals surface area contributed by atoms with Crippen LogP contribution in [0.25, 0.3) is 5.69 Å². The first-order valence-corrected chi connectivity index (χ1v) is 14.0. The molecule has 4 rings (SSSR count). The number of halogens is 3. The standard InChI is InChI=1S/C24H29F3N2O4Si/c1-21(2,3)34(6,7)32-16-11-22(4)17-18(23(16,5)33-22)20(31)29(19(17)30)14-9-8-13(12-28)15(10-14)24(25,26)27/h8-10,16,30-31H,11H2,1-7H3/t16-,22?,23?/m0/s1. The van der Waals surface area contributed by atoms with Gasteiger partial charge < -0.3 is 19.4 Å². The van der Waals surface area contributed by atoms with Crippen molar-refractivity contribution in [2.45, 2.75) is 82.7 Å². The van der Waals surface area contributed by atoms with Crippen LogP contribution in [0.15, 0.2) is 18.2 Å². The van der Waals surface area contributed by atoms with E-state index >= 15 is 0 Å². The summed E-state index contributed by atoms with van der Waals surface area (Å²) < 4.78 is 54.6. The van der Waals surface area contributed by atoms with E-state index in [4.69, 9.17) is 14.4 Å². The minimum atomic E-state index is -4.77. The number of nitrogens with zero attached hydrogens (tertiary/aromatic N) is 2. The van der Waals surface area contributed by atoms with E-state index in [9.17, 15) is 23.4 Å². The van der Waals surface area contributed by atoms with Crippen molar-refractivity contribution in [1.29, 1.82) is 5.26 Å². The fraction of sp³-hybridized carbons (Fsp3) is 0.542. The Morgan fingerprint density at radius 3 is 2.26 bits per heavy atom. The van der Waals surface area contributed by atoms with Gasteiger partial charge in [-0.15, -0.1) is 0 Å². The van der Waals surface area contributed by atoms with Crippen molar-refractivity contribution in [3.05, 3.63) is 40.5 Å². The fourth-order valence-electron chi connectivity index (χ4n) is 4.94. The summed E-state index contributed by atoms with van der Waals surface area (Å²) in [5, 5.41) is 31.3. The van der Waals surface area contributed by atoms with Crippen LogP contribution in [0.2, 0.25) is 18.1 Å². The smallest absolute Gasteiger partial charge is 0.417 e. The zero-order valence-electron chi connectivity index (χ0n) is 20.3. The summed E-state index contributed by atoms with van der Waals surface area (Å²) in [4.78, 5) is 0. The van der Waals surface area contributed by atoms with Gasteiger partial charge >= 0.3 is 6.18 Å². The van der Waals surface area contributed by atoms with Crippen LogP contribution in [0.5, 0.6) is 11.8 Å². The zero-order chi connectivity index (χ0) is 25.6. The van der Waals surface area contributed by atoms with Gasteiger partial charge in [-0.3, -0.25) is 4.57 Å². The number of rotatable bonds is 3. The van der Waals surface area contributed by atoms with Crippen molar-refractivity contribution >= 4 is 8.32 Å². The summed E-state index contributed by atoms with van der Waals surface area (Å²) in [5.41, 5.74) is -3.20. The first-order chi connectivity index (χ1) is 15.4. The van der Waals surface area contributed by atoms with Gasteiger partial charge in [0.2, 0.25) is 11.8 Å². The molecule has 0 aliphatic carbocycles. The summed E-state index contributed by atoms with van der Waals surface area (Å²) in [6.07, 6.45) is -4.75. The molecule has 2 aromatic rings. The number of aromatic nitrogens is 1.